The lowest BCUT2D eigenvalue weighted by atomic mass is 10.3. The number of aromatic nitrogens is 2. The van der Waals surface area contributed by atoms with Crippen LogP contribution in [0, 0.1) is 0 Å². The van der Waals surface area contributed by atoms with Gasteiger partial charge in [0.2, 0.25) is 0 Å². The quantitative estimate of drug-likeness (QED) is 0.848. The van der Waals surface area contributed by atoms with Gasteiger partial charge in [0.1, 0.15) is 4.60 Å². The van der Waals surface area contributed by atoms with Crippen LogP contribution in [-0.2, 0) is 0 Å². The number of rotatable bonds is 2. The first-order valence-corrected chi connectivity index (χ1v) is 4.29. The standard InChI is InChI=1S/C7H9BrN2O2/c1-4(2)10-3-9-6(8)5(10)7(11)12/h3-4H,1-2H3,(H,11,12). The van der Waals surface area contributed by atoms with Crippen molar-refractivity contribution >= 4 is 21.9 Å². The van der Waals surface area contributed by atoms with Gasteiger partial charge in [0.25, 0.3) is 0 Å². The van der Waals surface area contributed by atoms with E-state index in [1.807, 2.05) is 13.8 Å². The Morgan fingerprint density at radius 1 is 1.75 bits per heavy atom. The maximum absolute atomic E-state index is 10.7. The second-order valence-corrected chi connectivity index (χ2v) is 3.44. The normalized spacial score (nSPS) is 10.7. The lowest BCUT2D eigenvalue weighted by molar-refractivity contribution is 0.0682. The number of carbonyl (C=O) groups is 1. The first kappa shape index (κ1) is 9.25. The maximum atomic E-state index is 10.7. The van der Waals surface area contributed by atoms with E-state index in [0.29, 0.717) is 4.60 Å². The Hall–Kier alpha value is -0.840. The van der Waals surface area contributed by atoms with Crippen molar-refractivity contribution in [2.45, 2.75) is 19.9 Å². The third-order valence-corrected chi connectivity index (χ3v) is 2.09. The molecule has 0 aliphatic heterocycles. The van der Waals surface area contributed by atoms with Crippen molar-refractivity contribution in [2.24, 2.45) is 0 Å². The number of halogens is 1. The van der Waals surface area contributed by atoms with Crippen molar-refractivity contribution in [3.63, 3.8) is 0 Å². The monoisotopic (exact) mass is 232 g/mol. The summed E-state index contributed by atoms with van der Waals surface area (Å²) in [5.74, 6) is -0.965. The molecule has 0 saturated heterocycles. The Morgan fingerprint density at radius 3 is 2.67 bits per heavy atom. The summed E-state index contributed by atoms with van der Waals surface area (Å²) >= 11 is 3.07. The van der Waals surface area contributed by atoms with Gasteiger partial charge in [0, 0.05) is 6.04 Å². The molecule has 66 valence electrons. The fourth-order valence-electron chi connectivity index (χ4n) is 0.929. The van der Waals surface area contributed by atoms with Gasteiger partial charge >= 0.3 is 5.97 Å². The molecule has 0 bridgehead atoms. The second kappa shape index (κ2) is 3.26. The average molecular weight is 233 g/mol. The van der Waals surface area contributed by atoms with E-state index in [1.165, 1.54) is 6.33 Å². The molecule has 5 heteroatoms. The molecule has 0 spiro atoms. The van der Waals surface area contributed by atoms with Gasteiger partial charge in [-0.05, 0) is 29.8 Å². The molecular weight excluding hydrogens is 224 g/mol. The Kier molecular flexibility index (Phi) is 2.52. The topological polar surface area (TPSA) is 55.1 Å². The molecule has 0 atom stereocenters. The molecule has 0 aliphatic carbocycles. The molecule has 0 amide bonds. The van der Waals surface area contributed by atoms with Crippen LogP contribution in [0.2, 0.25) is 0 Å². The van der Waals surface area contributed by atoms with Crippen LogP contribution in [0.25, 0.3) is 0 Å². The number of carboxylic acids is 1. The number of aromatic carboxylic acids is 1. The van der Waals surface area contributed by atoms with E-state index in [-0.39, 0.29) is 11.7 Å². The number of hydrogen-bond acceptors (Lipinski definition) is 2. The van der Waals surface area contributed by atoms with Gasteiger partial charge in [-0.1, -0.05) is 0 Å². The van der Waals surface area contributed by atoms with Gasteiger partial charge in [0.05, 0.1) is 6.33 Å². The van der Waals surface area contributed by atoms with Gasteiger partial charge in [0.15, 0.2) is 5.69 Å². The SMILES string of the molecule is CC(C)n1cnc(Br)c1C(=O)O. The van der Waals surface area contributed by atoms with Crippen molar-refractivity contribution in [2.75, 3.05) is 0 Å². The highest BCUT2D eigenvalue weighted by atomic mass is 79.9. The van der Waals surface area contributed by atoms with Crippen LogP contribution in [0.5, 0.6) is 0 Å². The van der Waals surface area contributed by atoms with Gasteiger partial charge in [-0.25, -0.2) is 9.78 Å². The molecule has 0 aromatic carbocycles. The largest absolute Gasteiger partial charge is 0.476 e. The minimum absolute atomic E-state index is 0.106. The third-order valence-electron chi connectivity index (χ3n) is 1.51. The van der Waals surface area contributed by atoms with E-state index in [2.05, 4.69) is 20.9 Å². The minimum atomic E-state index is -0.965. The molecule has 0 radical (unpaired) electrons. The summed E-state index contributed by atoms with van der Waals surface area (Å²) in [5.41, 5.74) is 0.199. The smallest absolute Gasteiger partial charge is 0.355 e. The van der Waals surface area contributed by atoms with Gasteiger partial charge in [-0.15, -0.1) is 0 Å². The predicted octanol–water partition coefficient (Wildman–Crippen LogP) is 1.92. The zero-order valence-electron chi connectivity index (χ0n) is 6.78. The molecule has 1 N–H and O–H groups in total. The fraction of sp³-hybridized carbons (Fsp3) is 0.429. The maximum Gasteiger partial charge on any atom is 0.355 e. The minimum Gasteiger partial charge on any atom is -0.476 e. The van der Waals surface area contributed by atoms with Crippen LogP contribution < -0.4 is 0 Å². The molecule has 12 heavy (non-hydrogen) atoms. The van der Waals surface area contributed by atoms with E-state index in [1.54, 1.807) is 4.57 Å². The van der Waals surface area contributed by atoms with Crippen molar-refractivity contribution in [1.82, 2.24) is 9.55 Å². The number of nitrogens with zero attached hydrogens (tertiary/aromatic N) is 2. The predicted molar refractivity (Wildman–Crippen MR) is 47.3 cm³/mol. The van der Waals surface area contributed by atoms with E-state index in [0.717, 1.165) is 0 Å². The highest BCUT2D eigenvalue weighted by Crippen LogP contribution is 2.18. The summed E-state index contributed by atoms with van der Waals surface area (Å²) in [7, 11) is 0. The van der Waals surface area contributed by atoms with E-state index >= 15 is 0 Å². The number of carboxylic acid groups (broad SMARTS) is 1. The van der Waals surface area contributed by atoms with Crippen molar-refractivity contribution in [1.29, 1.82) is 0 Å². The molecule has 1 aromatic heterocycles. The highest BCUT2D eigenvalue weighted by molar-refractivity contribution is 9.10. The van der Waals surface area contributed by atoms with Gasteiger partial charge in [-0.2, -0.15) is 0 Å². The zero-order chi connectivity index (χ0) is 9.30. The van der Waals surface area contributed by atoms with Crippen LogP contribution in [-0.4, -0.2) is 20.6 Å². The van der Waals surface area contributed by atoms with Crippen molar-refractivity contribution in [3.05, 3.63) is 16.6 Å². The summed E-state index contributed by atoms with van der Waals surface area (Å²) in [5, 5.41) is 8.79. The van der Waals surface area contributed by atoms with E-state index < -0.39 is 5.97 Å². The Bertz CT molecular complexity index is 306. The Labute approximate surface area is 78.4 Å². The third kappa shape index (κ3) is 1.50. The Morgan fingerprint density at radius 2 is 2.33 bits per heavy atom. The zero-order valence-corrected chi connectivity index (χ0v) is 8.37. The molecule has 0 unspecified atom stereocenters. The summed E-state index contributed by atoms with van der Waals surface area (Å²) in [6.07, 6.45) is 1.51. The Balaban J connectivity index is 3.21. The van der Waals surface area contributed by atoms with Crippen molar-refractivity contribution < 1.29 is 9.90 Å². The summed E-state index contributed by atoms with van der Waals surface area (Å²) in [6.45, 7) is 3.81. The van der Waals surface area contributed by atoms with Crippen LogP contribution in [0.1, 0.15) is 30.4 Å². The van der Waals surface area contributed by atoms with Crippen LogP contribution in [0.3, 0.4) is 0 Å². The summed E-state index contributed by atoms with van der Waals surface area (Å²) in [6, 6.07) is 0.106. The first-order chi connectivity index (χ1) is 5.54. The van der Waals surface area contributed by atoms with Gasteiger partial charge in [-0.3, -0.25) is 0 Å². The number of imidazole rings is 1. The molecule has 1 rings (SSSR count). The number of hydrogen-bond donors (Lipinski definition) is 1. The summed E-state index contributed by atoms with van der Waals surface area (Å²) in [4.78, 5) is 14.6. The average Bonchev–Trinajstić information content (AvgIpc) is 2.30. The summed E-state index contributed by atoms with van der Waals surface area (Å²) < 4.78 is 1.98. The molecule has 0 aliphatic rings. The second-order valence-electron chi connectivity index (χ2n) is 2.69. The molecular formula is C7H9BrN2O2. The molecule has 1 heterocycles. The van der Waals surface area contributed by atoms with E-state index in [9.17, 15) is 4.79 Å². The highest BCUT2D eigenvalue weighted by Gasteiger charge is 2.17. The lowest BCUT2D eigenvalue weighted by Crippen LogP contribution is -2.09. The fourth-order valence-corrected chi connectivity index (χ4v) is 1.39. The molecule has 0 saturated carbocycles. The molecule has 0 fully saturated rings. The first-order valence-electron chi connectivity index (χ1n) is 3.49. The van der Waals surface area contributed by atoms with Crippen LogP contribution in [0.15, 0.2) is 10.9 Å². The van der Waals surface area contributed by atoms with Gasteiger partial charge < -0.3 is 9.67 Å². The van der Waals surface area contributed by atoms with Crippen molar-refractivity contribution in [3.8, 4) is 0 Å². The van der Waals surface area contributed by atoms with Crippen LogP contribution >= 0.6 is 15.9 Å². The molecule has 4 nitrogen and oxygen atoms in total. The lowest BCUT2D eigenvalue weighted by Gasteiger charge is -2.08. The van der Waals surface area contributed by atoms with E-state index in [4.69, 9.17) is 5.11 Å². The molecule has 1 aromatic rings. The van der Waals surface area contributed by atoms with Crippen LogP contribution in [0.4, 0.5) is 0 Å².